The second-order valence-corrected chi connectivity index (χ2v) is 7.68. The molecule has 0 radical (unpaired) electrons. The minimum Gasteiger partial charge on any atom is -0.448 e. The van der Waals surface area contributed by atoms with E-state index >= 15 is 0 Å². The fourth-order valence-corrected chi connectivity index (χ4v) is 3.76. The number of aromatic nitrogens is 1. The van der Waals surface area contributed by atoms with Crippen LogP contribution in [-0.2, 0) is 35.3 Å². The molecule has 184 valence electrons. The maximum Gasteiger partial charge on any atom is 0.525 e. The Labute approximate surface area is 194 Å². The summed E-state index contributed by atoms with van der Waals surface area (Å²) in [5.74, 6) is -0.377. The standard InChI is InChI=1S/C22H26F3N5O4/c1-26-9-11-29(14-19-17(22(23,24)25)5-3-8-27-19)20(31)12-28-18-6-2-4-15-13-30(34-21(32)33)10-7-16(15)18/h2-6,8,26,28H,7,9-14H2,1H3,(H,32,33). The molecule has 9 nitrogen and oxygen atoms in total. The molecule has 1 aliphatic heterocycles. The maximum atomic E-state index is 13.4. The molecule has 2 heterocycles. The van der Waals surface area contributed by atoms with Crippen molar-refractivity contribution in [1.29, 1.82) is 0 Å². The SMILES string of the molecule is CNCCN(Cc1ncccc1C(F)(F)F)C(=O)CNc1cccc2c1CCN(OC(=O)O)C2. The van der Waals surface area contributed by atoms with E-state index in [1.807, 2.05) is 6.07 Å². The quantitative estimate of drug-likeness (QED) is 0.502. The van der Waals surface area contributed by atoms with Crippen molar-refractivity contribution in [3.63, 3.8) is 0 Å². The van der Waals surface area contributed by atoms with E-state index < -0.39 is 17.9 Å². The fourth-order valence-electron chi connectivity index (χ4n) is 3.76. The lowest BCUT2D eigenvalue weighted by atomic mass is 9.99. The van der Waals surface area contributed by atoms with Gasteiger partial charge in [-0.15, -0.1) is 5.06 Å². The lowest BCUT2D eigenvalue weighted by Gasteiger charge is -2.28. The van der Waals surface area contributed by atoms with Gasteiger partial charge in [-0.1, -0.05) is 12.1 Å². The predicted octanol–water partition coefficient (Wildman–Crippen LogP) is 2.73. The average Bonchev–Trinajstić information content (AvgIpc) is 2.79. The molecule has 1 aromatic carbocycles. The van der Waals surface area contributed by atoms with Crippen LogP contribution in [0.15, 0.2) is 36.5 Å². The van der Waals surface area contributed by atoms with Crippen molar-refractivity contribution in [2.24, 2.45) is 0 Å². The van der Waals surface area contributed by atoms with Gasteiger partial charge in [0.05, 0.1) is 30.9 Å². The van der Waals surface area contributed by atoms with Crippen LogP contribution in [0.4, 0.5) is 23.7 Å². The number of hydroxylamine groups is 2. The number of hydrogen-bond acceptors (Lipinski definition) is 7. The largest absolute Gasteiger partial charge is 0.525 e. The number of likely N-dealkylation sites (N-methyl/N-ethyl adjacent to an activating group) is 1. The van der Waals surface area contributed by atoms with E-state index in [4.69, 9.17) is 9.94 Å². The first-order chi connectivity index (χ1) is 16.2. The number of alkyl halides is 3. The Morgan fingerprint density at radius 3 is 2.76 bits per heavy atom. The number of carbonyl (C=O) groups excluding carboxylic acids is 1. The van der Waals surface area contributed by atoms with Gasteiger partial charge in [0.25, 0.3) is 0 Å². The molecule has 0 saturated carbocycles. The van der Waals surface area contributed by atoms with E-state index in [1.54, 1.807) is 19.2 Å². The predicted molar refractivity (Wildman–Crippen MR) is 117 cm³/mol. The average molecular weight is 481 g/mol. The summed E-state index contributed by atoms with van der Waals surface area (Å²) in [6.07, 6.45) is -4.17. The number of fused-ring (bicyclic) bond motifs is 1. The summed E-state index contributed by atoms with van der Waals surface area (Å²) in [6.45, 7) is 0.856. The van der Waals surface area contributed by atoms with Crippen LogP contribution >= 0.6 is 0 Å². The molecule has 34 heavy (non-hydrogen) atoms. The van der Waals surface area contributed by atoms with Gasteiger partial charge in [-0.3, -0.25) is 9.78 Å². The molecule has 0 saturated heterocycles. The Bertz CT molecular complexity index is 1020. The monoisotopic (exact) mass is 481 g/mol. The number of rotatable bonds is 9. The van der Waals surface area contributed by atoms with E-state index in [0.29, 0.717) is 25.2 Å². The molecule has 1 aliphatic rings. The van der Waals surface area contributed by atoms with E-state index in [1.165, 1.54) is 22.2 Å². The number of carboxylic acid groups (broad SMARTS) is 1. The van der Waals surface area contributed by atoms with Crippen LogP contribution in [0, 0.1) is 0 Å². The zero-order chi connectivity index (χ0) is 24.7. The number of halogens is 3. The Morgan fingerprint density at radius 1 is 1.26 bits per heavy atom. The van der Waals surface area contributed by atoms with Gasteiger partial charge in [-0.25, -0.2) is 4.79 Å². The molecule has 0 atom stereocenters. The van der Waals surface area contributed by atoms with E-state index in [9.17, 15) is 22.8 Å². The second kappa shape index (κ2) is 11.2. The van der Waals surface area contributed by atoms with Gasteiger partial charge in [-0.2, -0.15) is 13.2 Å². The van der Waals surface area contributed by atoms with Crippen molar-refractivity contribution in [3.05, 3.63) is 58.9 Å². The van der Waals surface area contributed by atoms with Crippen LogP contribution in [0.5, 0.6) is 0 Å². The molecule has 3 N–H and O–H groups in total. The zero-order valence-electron chi connectivity index (χ0n) is 18.6. The summed E-state index contributed by atoms with van der Waals surface area (Å²) in [6, 6.07) is 7.60. The summed E-state index contributed by atoms with van der Waals surface area (Å²) in [4.78, 5) is 33.7. The number of nitrogens with one attached hydrogen (secondary N) is 2. The smallest absolute Gasteiger partial charge is 0.448 e. The minimum atomic E-state index is -4.57. The molecule has 0 spiro atoms. The maximum absolute atomic E-state index is 13.4. The summed E-state index contributed by atoms with van der Waals surface area (Å²) in [5.41, 5.74) is 1.43. The first-order valence-corrected chi connectivity index (χ1v) is 10.6. The van der Waals surface area contributed by atoms with E-state index in [-0.39, 0.29) is 37.8 Å². The molecule has 0 bridgehead atoms. The van der Waals surface area contributed by atoms with E-state index in [2.05, 4.69) is 15.6 Å². The number of carbonyl (C=O) groups is 2. The molecular formula is C22H26F3N5O4. The second-order valence-electron chi connectivity index (χ2n) is 7.68. The third kappa shape index (κ3) is 6.58. The Balaban J connectivity index is 1.70. The molecule has 2 aromatic rings. The molecule has 0 fully saturated rings. The highest BCUT2D eigenvalue weighted by molar-refractivity contribution is 5.81. The van der Waals surface area contributed by atoms with Crippen molar-refractivity contribution < 1.29 is 32.7 Å². The molecule has 12 heteroatoms. The van der Waals surface area contributed by atoms with Crippen molar-refractivity contribution in [2.45, 2.75) is 25.7 Å². The van der Waals surface area contributed by atoms with Crippen LogP contribution in [0.3, 0.4) is 0 Å². The summed E-state index contributed by atoms with van der Waals surface area (Å²) >= 11 is 0. The lowest BCUT2D eigenvalue weighted by molar-refractivity contribution is -0.140. The molecule has 0 unspecified atom stereocenters. The summed E-state index contributed by atoms with van der Waals surface area (Å²) in [5, 5.41) is 16.1. The molecule has 3 rings (SSSR count). The van der Waals surface area contributed by atoms with Crippen LogP contribution in [-0.4, -0.2) is 65.3 Å². The first-order valence-electron chi connectivity index (χ1n) is 10.6. The molecular weight excluding hydrogens is 455 g/mol. The zero-order valence-corrected chi connectivity index (χ0v) is 18.6. The van der Waals surface area contributed by atoms with Gasteiger partial charge in [0.1, 0.15) is 0 Å². The van der Waals surface area contributed by atoms with Gasteiger partial charge in [0.2, 0.25) is 5.91 Å². The van der Waals surface area contributed by atoms with Gasteiger partial charge >= 0.3 is 12.3 Å². The van der Waals surface area contributed by atoms with Crippen LogP contribution in [0.2, 0.25) is 0 Å². The summed E-state index contributed by atoms with van der Waals surface area (Å²) in [7, 11) is 1.69. The Kier molecular flexibility index (Phi) is 8.29. The van der Waals surface area contributed by atoms with Gasteiger partial charge in [0, 0.05) is 31.5 Å². The first kappa shape index (κ1) is 25.2. The normalized spacial score (nSPS) is 13.8. The van der Waals surface area contributed by atoms with Gasteiger partial charge in [-0.05, 0) is 42.8 Å². The number of anilines is 1. The number of amides is 1. The highest BCUT2D eigenvalue weighted by Gasteiger charge is 2.34. The van der Waals surface area contributed by atoms with E-state index in [0.717, 1.165) is 17.2 Å². The highest BCUT2D eigenvalue weighted by atomic mass is 19.4. The van der Waals surface area contributed by atoms with Crippen LogP contribution in [0.1, 0.15) is 22.4 Å². The number of hydrogen-bond donors (Lipinski definition) is 3. The molecule has 1 amide bonds. The van der Waals surface area contributed by atoms with Crippen molar-refractivity contribution >= 4 is 17.7 Å². The van der Waals surface area contributed by atoms with Gasteiger partial charge in [0.15, 0.2) is 0 Å². The summed E-state index contributed by atoms with van der Waals surface area (Å²) < 4.78 is 40.1. The van der Waals surface area contributed by atoms with Gasteiger partial charge < -0.3 is 25.5 Å². The van der Waals surface area contributed by atoms with Crippen LogP contribution in [0.25, 0.3) is 0 Å². The number of nitrogens with zero attached hydrogens (tertiary/aromatic N) is 3. The lowest BCUT2D eigenvalue weighted by Crippen LogP contribution is -2.40. The van der Waals surface area contributed by atoms with Crippen molar-refractivity contribution in [3.8, 4) is 0 Å². The topological polar surface area (TPSA) is 107 Å². The third-order valence-electron chi connectivity index (χ3n) is 5.39. The number of pyridine rings is 1. The van der Waals surface area contributed by atoms with Crippen LogP contribution < -0.4 is 10.6 Å². The minimum absolute atomic E-state index is 0.121. The van der Waals surface area contributed by atoms with Crippen molar-refractivity contribution in [2.75, 3.05) is 38.5 Å². The Hall–Kier alpha value is -3.38. The highest BCUT2D eigenvalue weighted by Crippen LogP contribution is 2.31. The Morgan fingerprint density at radius 2 is 2.06 bits per heavy atom. The third-order valence-corrected chi connectivity index (χ3v) is 5.39. The van der Waals surface area contributed by atoms with Crippen molar-refractivity contribution in [1.82, 2.24) is 20.3 Å². The molecule has 1 aromatic heterocycles. The number of benzene rings is 1. The molecule has 0 aliphatic carbocycles. The fraction of sp³-hybridized carbons (Fsp3) is 0.409.